The van der Waals surface area contributed by atoms with Crippen LogP contribution in [0.2, 0.25) is 0 Å². The topological polar surface area (TPSA) is 44.1 Å². The van der Waals surface area contributed by atoms with E-state index in [2.05, 4.69) is 4.98 Å². The fraction of sp³-hybridized carbons (Fsp3) is 0.333. The van der Waals surface area contributed by atoms with Crippen molar-refractivity contribution in [3.8, 4) is 10.7 Å². The van der Waals surface area contributed by atoms with Gasteiger partial charge >= 0.3 is 6.09 Å². The van der Waals surface area contributed by atoms with Crippen molar-refractivity contribution >= 4 is 17.4 Å². The van der Waals surface area contributed by atoms with Gasteiger partial charge in [0.2, 0.25) is 0 Å². The predicted molar refractivity (Wildman–Crippen MR) is 67.2 cm³/mol. The summed E-state index contributed by atoms with van der Waals surface area (Å²) in [6.45, 7) is 5.53. The number of hydrogen-bond acceptors (Lipinski definition) is 4. The van der Waals surface area contributed by atoms with Gasteiger partial charge in [-0.25, -0.2) is 9.78 Å². The van der Waals surface area contributed by atoms with Crippen LogP contribution in [0.1, 0.15) is 20.8 Å². The molecule has 0 fully saturated rings. The third kappa shape index (κ3) is 2.74. The highest BCUT2D eigenvalue weighted by molar-refractivity contribution is 7.13. The Hall–Kier alpha value is -1.62. The first-order valence-corrected chi connectivity index (χ1v) is 6.16. The Morgan fingerprint density at radius 1 is 1.47 bits per heavy atom. The Morgan fingerprint density at radius 2 is 2.24 bits per heavy atom. The summed E-state index contributed by atoms with van der Waals surface area (Å²) in [6.07, 6.45) is 3.02. The van der Waals surface area contributed by atoms with E-state index < -0.39 is 5.60 Å². The summed E-state index contributed by atoms with van der Waals surface area (Å²) in [5, 5.41) is 2.68. The molecule has 0 aliphatic heterocycles. The van der Waals surface area contributed by atoms with E-state index in [9.17, 15) is 4.79 Å². The van der Waals surface area contributed by atoms with Crippen LogP contribution in [-0.4, -0.2) is 21.2 Å². The van der Waals surface area contributed by atoms with E-state index in [1.165, 1.54) is 15.9 Å². The van der Waals surface area contributed by atoms with Crippen molar-refractivity contribution < 1.29 is 9.53 Å². The summed E-state index contributed by atoms with van der Waals surface area (Å²) >= 11 is 1.49. The number of thiazole rings is 1. The summed E-state index contributed by atoms with van der Waals surface area (Å²) in [4.78, 5) is 16.1. The Morgan fingerprint density at radius 3 is 2.82 bits per heavy atom. The van der Waals surface area contributed by atoms with Gasteiger partial charge < -0.3 is 4.74 Å². The lowest BCUT2D eigenvalue weighted by molar-refractivity contribution is 0.0540. The zero-order chi connectivity index (χ0) is 12.5. The van der Waals surface area contributed by atoms with Gasteiger partial charge in [-0.2, -0.15) is 0 Å². The van der Waals surface area contributed by atoms with Gasteiger partial charge in [0.25, 0.3) is 0 Å². The molecule has 90 valence electrons. The van der Waals surface area contributed by atoms with Gasteiger partial charge in [-0.1, -0.05) is 0 Å². The average molecular weight is 250 g/mol. The van der Waals surface area contributed by atoms with Crippen molar-refractivity contribution in [1.29, 1.82) is 0 Å². The normalized spacial score (nSPS) is 11.5. The summed E-state index contributed by atoms with van der Waals surface area (Å²) in [7, 11) is 0. The first-order valence-electron chi connectivity index (χ1n) is 5.28. The molecule has 2 aromatic rings. The molecule has 2 heterocycles. The van der Waals surface area contributed by atoms with Crippen LogP contribution >= 0.6 is 11.3 Å². The molecule has 5 heteroatoms. The number of aromatic nitrogens is 2. The molecule has 2 aromatic heterocycles. The first-order chi connectivity index (χ1) is 7.97. The molecule has 0 saturated heterocycles. The Bertz CT molecular complexity index is 509. The quantitative estimate of drug-likeness (QED) is 0.779. The zero-order valence-electron chi connectivity index (χ0n) is 10.0. The van der Waals surface area contributed by atoms with Crippen LogP contribution in [0.15, 0.2) is 29.9 Å². The molecule has 2 rings (SSSR count). The number of carbonyl (C=O) groups excluding carboxylic acids is 1. The standard InChI is InChI=1S/C12H14N2O2S/c1-12(2,3)16-11(15)14-7-4-5-9(14)10-13-6-8-17-10/h4-8H,1-3H3. The number of carbonyl (C=O) groups is 1. The highest BCUT2D eigenvalue weighted by atomic mass is 32.1. The Labute approximate surface area is 104 Å². The van der Waals surface area contributed by atoms with Crippen LogP contribution in [0, 0.1) is 0 Å². The van der Waals surface area contributed by atoms with Gasteiger partial charge in [-0.15, -0.1) is 11.3 Å². The largest absolute Gasteiger partial charge is 0.443 e. The lowest BCUT2D eigenvalue weighted by Crippen LogP contribution is -2.27. The van der Waals surface area contributed by atoms with E-state index in [1.54, 1.807) is 18.5 Å². The molecule has 17 heavy (non-hydrogen) atoms. The van der Waals surface area contributed by atoms with E-state index in [0.717, 1.165) is 10.7 Å². The molecule has 0 atom stereocenters. The smallest absolute Gasteiger partial charge is 0.419 e. The lowest BCUT2D eigenvalue weighted by Gasteiger charge is -2.20. The minimum Gasteiger partial charge on any atom is -0.443 e. The molecular formula is C12H14N2O2S. The van der Waals surface area contributed by atoms with E-state index in [-0.39, 0.29) is 6.09 Å². The summed E-state index contributed by atoms with van der Waals surface area (Å²) in [5.74, 6) is 0. The lowest BCUT2D eigenvalue weighted by atomic mass is 10.2. The maximum atomic E-state index is 12.0. The second-order valence-electron chi connectivity index (χ2n) is 4.58. The molecule has 0 aliphatic carbocycles. The van der Waals surface area contributed by atoms with Gasteiger partial charge in [0.1, 0.15) is 10.6 Å². The minimum absolute atomic E-state index is 0.382. The van der Waals surface area contributed by atoms with Crippen molar-refractivity contribution in [3.05, 3.63) is 29.9 Å². The highest BCUT2D eigenvalue weighted by Gasteiger charge is 2.20. The van der Waals surface area contributed by atoms with Crippen LogP contribution in [0.25, 0.3) is 10.7 Å². The number of ether oxygens (including phenoxy) is 1. The zero-order valence-corrected chi connectivity index (χ0v) is 10.8. The molecule has 0 N–H and O–H groups in total. The fourth-order valence-electron chi connectivity index (χ4n) is 1.38. The van der Waals surface area contributed by atoms with Crippen molar-refractivity contribution in [2.24, 2.45) is 0 Å². The third-order valence-electron chi connectivity index (χ3n) is 1.99. The predicted octanol–water partition coefficient (Wildman–Crippen LogP) is 3.39. The minimum atomic E-state index is -0.499. The van der Waals surface area contributed by atoms with Gasteiger partial charge in [0.05, 0.1) is 5.69 Å². The molecule has 0 bridgehead atoms. The van der Waals surface area contributed by atoms with E-state index in [1.807, 2.05) is 32.2 Å². The summed E-state index contributed by atoms with van der Waals surface area (Å²) < 4.78 is 6.80. The van der Waals surface area contributed by atoms with Crippen molar-refractivity contribution in [2.75, 3.05) is 0 Å². The monoisotopic (exact) mass is 250 g/mol. The molecule has 0 aliphatic rings. The molecule has 4 nitrogen and oxygen atoms in total. The molecule has 0 spiro atoms. The van der Waals surface area contributed by atoms with Crippen LogP contribution in [0.4, 0.5) is 4.79 Å². The van der Waals surface area contributed by atoms with Crippen LogP contribution in [0.5, 0.6) is 0 Å². The van der Waals surface area contributed by atoms with Gasteiger partial charge in [-0.05, 0) is 32.9 Å². The highest BCUT2D eigenvalue weighted by Crippen LogP contribution is 2.23. The first kappa shape index (κ1) is 11.9. The average Bonchev–Trinajstić information content (AvgIpc) is 2.85. The second kappa shape index (κ2) is 4.33. The van der Waals surface area contributed by atoms with Crippen molar-refractivity contribution in [1.82, 2.24) is 9.55 Å². The Kier molecular flexibility index (Phi) is 3.02. The molecule has 0 saturated carbocycles. The van der Waals surface area contributed by atoms with Crippen molar-refractivity contribution in [2.45, 2.75) is 26.4 Å². The van der Waals surface area contributed by atoms with Gasteiger partial charge in [0, 0.05) is 17.8 Å². The molecule has 0 unspecified atom stereocenters. The second-order valence-corrected chi connectivity index (χ2v) is 5.48. The van der Waals surface area contributed by atoms with Crippen LogP contribution < -0.4 is 0 Å². The molecular weight excluding hydrogens is 236 g/mol. The third-order valence-corrected chi connectivity index (χ3v) is 2.79. The molecule has 0 amide bonds. The van der Waals surface area contributed by atoms with E-state index in [0.29, 0.717) is 0 Å². The number of nitrogens with zero attached hydrogens (tertiary/aromatic N) is 2. The van der Waals surface area contributed by atoms with Crippen LogP contribution in [0.3, 0.4) is 0 Å². The summed E-state index contributed by atoms with van der Waals surface area (Å²) in [5.41, 5.74) is 0.260. The maximum absolute atomic E-state index is 12.0. The van der Waals surface area contributed by atoms with E-state index in [4.69, 9.17) is 4.74 Å². The summed E-state index contributed by atoms with van der Waals surface area (Å²) in [6, 6.07) is 3.66. The van der Waals surface area contributed by atoms with Crippen molar-refractivity contribution in [3.63, 3.8) is 0 Å². The molecule has 0 radical (unpaired) electrons. The maximum Gasteiger partial charge on any atom is 0.419 e. The molecule has 0 aromatic carbocycles. The number of rotatable bonds is 1. The van der Waals surface area contributed by atoms with Crippen LogP contribution in [-0.2, 0) is 4.74 Å². The van der Waals surface area contributed by atoms with E-state index >= 15 is 0 Å². The SMILES string of the molecule is CC(C)(C)OC(=O)n1cccc1-c1nccs1. The number of hydrogen-bond donors (Lipinski definition) is 0. The van der Waals surface area contributed by atoms with Gasteiger partial charge in [-0.3, -0.25) is 4.57 Å². The van der Waals surface area contributed by atoms with Gasteiger partial charge in [0.15, 0.2) is 0 Å². The fourth-order valence-corrected chi connectivity index (χ4v) is 2.03. The Balaban J connectivity index is 2.29.